The van der Waals surface area contributed by atoms with Crippen LogP contribution in [-0.4, -0.2) is 47.3 Å². The Bertz CT molecular complexity index is 308. The van der Waals surface area contributed by atoms with Crippen molar-refractivity contribution in [3.63, 3.8) is 0 Å². The highest BCUT2D eigenvalue weighted by molar-refractivity contribution is 5.28. The van der Waals surface area contributed by atoms with Crippen LogP contribution in [0.3, 0.4) is 0 Å². The van der Waals surface area contributed by atoms with Gasteiger partial charge >= 0.3 is 5.69 Å². The number of H-pyrrole nitrogens is 1. The lowest BCUT2D eigenvalue weighted by atomic mass is 10.5. The highest BCUT2D eigenvalue weighted by atomic mass is 16.1. The number of hydrogen-bond acceptors (Lipinski definition) is 5. The molecule has 0 saturated carbocycles. The van der Waals surface area contributed by atoms with Crippen molar-refractivity contribution < 1.29 is 0 Å². The summed E-state index contributed by atoms with van der Waals surface area (Å²) in [6.07, 6.45) is 1.48. The van der Waals surface area contributed by atoms with Gasteiger partial charge in [-0.2, -0.15) is 10.1 Å². The zero-order valence-corrected chi connectivity index (χ0v) is 7.74. The van der Waals surface area contributed by atoms with E-state index in [0.29, 0.717) is 5.82 Å². The maximum Gasteiger partial charge on any atom is 0.363 e. The minimum absolute atomic E-state index is 0.435. The van der Waals surface area contributed by atoms with Gasteiger partial charge in [-0.05, 0) is 14.1 Å². The minimum Gasteiger partial charge on any atom is -0.367 e. The molecule has 2 N–H and O–H groups in total. The molecule has 0 saturated heterocycles. The Labute approximate surface area is 76.0 Å². The fraction of sp³-hybridized carbons (Fsp3) is 0.571. The summed E-state index contributed by atoms with van der Waals surface area (Å²) in [6.45, 7) is 1.62. The molecule has 1 aromatic heterocycles. The Morgan fingerprint density at radius 2 is 2.38 bits per heavy atom. The third kappa shape index (κ3) is 3.66. The van der Waals surface area contributed by atoms with Crippen LogP contribution >= 0.6 is 0 Å². The molecule has 0 amide bonds. The van der Waals surface area contributed by atoms with Crippen LogP contribution in [0.25, 0.3) is 0 Å². The quantitative estimate of drug-likeness (QED) is 0.635. The van der Waals surface area contributed by atoms with Gasteiger partial charge in [-0.1, -0.05) is 0 Å². The molecule has 0 aliphatic rings. The van der Waals surface area contributed by atoms with E-state index in [2.05, 4.69) is 20.5 Å². The largest absolute Gasteiger partial charge is 0.367 e. The van der Waals surface area contributed by atoms with Gasteiger partial charge in [0.15, 0.2) is 5.82 Å². The summed E-state index contributed by atoms with van der Waals surface area (Å²) in [5, 5.41) is 8.79. The summed E-state index contributed by atoms with van der Waals surface area (Å²) < 4.78 is 0. The molecule has 0 atom stereocenters. The number of aromatic amines is 1. The summed E-state index contributed by atoms with van der Waals surface area (Å²) >= 11 is 0. The second-order valence-electron chi connectivity index (χ2n) is 2.90. The maximum absolute atomic E-state index is 10.7. The Kier molecular flexibility index (Phi) is 3.39. The van der Waals surface area contributed by atoms with Crippen molar-refractivity contribution in [3.8, 4) is 0 Å². The predicted octanol–water partition coefficient (Wildman–Crippen LogP) is -0.862. The molecule has 6 heteroatoms. The highest BCUT2D eigenvalue weighted by Crippen LogP contribution is 1.91. The lowest BCUT2D eigenvalue weighted by molar-refractivity contribution is 0.425. The molecule has 1 heterocycles. The van der Waals surface area contributed by atoms with Gasteiger partial charge in [-0.3, -0.25) is 0 Å². The first-order valence-electron chi connectivity index (χ1n) is 3.99. The molecule has 1 aromatic rings. The standard InChI is InChI=1S/C7H13N5O/c1-12(2)4-3-8-6-5-9-11-7(13)10-6/h5H,3-4H2,1-2H3,(H2,8,10,11,13). The molecule has 13 heavy (non-hydrogen) atoms. The zero-order chi connectivity index (χ0) is 9.68. The summed E-state index contributed by atoms with van der Waals surface area (Å²) in [5.41, 5.74) is -0.435. The molecule has 0 radical (unpaired) electrons. The molecule has 72 valence electrons. The first-order chi connectivity index (χ1) is 6.18. The molecular weight excluding hydrogens is 170 g/mol. The molecular formula is C7H13N5O. The van der Waals surface area contributed by atoms with Gasteiger partial charge in [0.25, 0.3) is 0 Å². The second-order valence-corrected chi connectivity index (χ2v) is 2.90. The van der Waals surface area contributed by atoms with E-state index in [-0.39, 0.29) is 0 Å². The van der Waals surface area contributed by atoms with Crippen molar-refractivity contribution in [2.24, 2.45) is 0 Å². The molecule has 0 spiro atoms. The van der Waals surface area contributed by atoms with Crippen molar-refractivity contribution in [1.82, 2.24) is 20.1 Å². The summed E-state index contributed by atoms with van der Waals surface area (Å²) in [4.78, 5) is 16.4. The monoisotopic (exact) mass is 183 g/mol. The zero-order valence-electron chi connectivity index (χ0n) is 7.74. The van der Waals surface area contributed by atoms with E-state index in [4.69, 9.17) is 0 Å². The average molecular weight is 183 g/mol. The van der Waals surface area contributed by atoms with Gasteiger partial charge in [0, 0.05) is 13.1 Å². The van der Waals surface area contributed by atoms with Crippen molar-refractivity contribution in [1.29, 1.82) is 0 Å². The SMILES string of the molecule is CN(C)CCNc1cn[nH]c(=O)n1. The van der Waals surface area contributed by atoms with E-state index in [1.165, 1.54) is 6.20 Å². The van der Waals surface area contributed by atoms with Crippen LogP contribution < -0.4 is 11.0 Å². The van der Waals surface area contributed by atoms with Gasteiger partial charge in [-0.15, -0.1) is 0 Å². The number of aromatic nitrogens is 3. The molecule has 0 aliphatic heterocycles. The van der Waals surface area contributed by atoms with Crippen molar-refractivity contribution in [3.05, 3.63) is 16.7 Å². The summed E-state index contributed by atoms with van der Waals surface area (Å²) in [5.74, 6) is 0.505. The number of nitrogens with zero attached hydrogens (tertiary/aromatic N) is 3. The predicted molar refractivity (Wildman–Crippen MR) is 49.7 cm³/mol. The van der Waals surface area contributed by atoms with Crippen LogP contribution in [0.15, 0.2) is 11.0 Å². The van der Waals surface area contributed by atoms with Crippen LogP contribution in [0.5, 0.6) is 0 Å². The van der Waals surface area contributed by atoms with Gasteiger partial charge in [0.1, 0.15) is 0 Å². The van der Waals surface area contributed by atoms with Crippen LogP contribution in [0.2, 0.25) is 0 Å². The third-order valence-electron chi connectivity index (χ3n) is 1.43. The normalized spacial score (nSPS) is 10.4. The van der Waals surface area contributed by atoms with Crippen LogP contribution in [-0.2, 0) is 0 Å². The molecule has 0 bridgehead atoms. The van der Waals surface area contributed by atoms with E-state index < -0.39 is 5.69 Å². The van der Waals surface area contributed by atoms with E-state index >= 15 is 0 Å². The maximum atomic E-state index is 10.7. The number of nitrogens with one attached hydrogen (secondary N) is 2. The number of likely N-dealkylation sites (N-methyl/N-ethyl adjacent to an activating group) is 1. The fourth-order valence-electron chi connectivity index (χ4n) is 0.805. The van der Waals surface area contributed by atoms with Crippen LogP contribution in [0.1, 0.15) is 0 Å². The number of hydrogen-bond donors (Lipinski definition) is 2. The van der Waals surface area contributed by atoms with Crippen LogP contribution in [0.4, 0.5) is 5.82 Å². The van der Waals surface area contributed by atoms with Crippen molar-refractivity contribution >= 4 is 5.82 Å². The van der Waals surface area contributed by atoms with Gasteiger partial charge in [0.05, 0.1) is 6.20 Å². The Morgan fingerprint density at radius 3 is 3.00 bits per heavy atom. The third-order valence-corrected chi connectivity index (χ3v) is 1.43. The van der Waals surface area contributed by atoms with E-state index in [1.807, 2.05) is 19.0 Å². The van der Waals surface area contributed by atoms with Gasteiger partial charge in [-0.25, -0.2) is 9.89 Å². The minimum atomic E-state index is -0.435. The molecule has 0 aromatic carbocycles. The Hall–Kier alpha value is -1.43. The average Bonchev–Trinajstić information content (AvgIpc) is 2.03. The number of rotatable bonds is 4. The molecule has 0 fully saturated rings. The van der Waals surface area contributed by atoms with Gasteiger partial charge in [0.2, 0.25) is 0 Å². The number of anilines is 1. The Morgan fingerprint density at radius 1 is 1.62 bits per heavy atom. The smallest absolute Gasteiger partial charge is 0.363 e. The fourth-order valence-corrected chi connectivity index (χ4v) is 0.805. The topological polar surface area (TPSA) is 73.9 Å². The molecule has 0 aliphatic carbocycles. The summed E-state index contributed by atoms with van der Waals surface area (Å²) in [6, 6.07) is 0. The summed E-state index contributed by atoms with van der Waals surface area (Å²) in [7, 11) is 3.95. The first kappa shape index (κ1) is 9.66. The van der Waals surface area contributed by atoms with E-state index in [9.17, 15) is 4.79 Å². The van der Waals surface area contributed by atoms with E-state index in [0.717, 1.165) is 13.1 Å². The van der Waals surface area contributed by atoms with Crippen molar-refractivity contribution in [2.45, 2.75) is 0 Å². The molecule has 1 rings (SSSR count). The lowest BCUT2D eigenvalue weighted by Gasteiger charge is -2.09. The highest BCUT2D eigenvalue weighted by Gasteiger charge is 1.94. The molecule has 6 nitrogen and oxygen atoms in total. The molecule has 0 unspecified atom stereocenters. The van der Waals surface area contributed by atoms with Crippen LogP contribution in [0, 0.1) is 0 Å². The first-order valence-corrected chi connectivity index (χ1v) is 3.99. The van der Waals surface area contributed by atoms with E-state index in [1.54, 1.807) is 0 Å². The van der Waals surface area contributed by atoms with Gasteiger partial charge < -0.3 is 10.2 Å². The van der Waals surface area contributed by atoms with Crippen molar-refractivity contribution in [2.75, 3.05) is 32.5 Å². The Balaban J connectivity index is 2.41. The second kappa shape index (κ2) is 4.56. The lowest BCUT2D eigenvalue weighted by Crippen LogP contribution is -2.22.